The van der Waals surface area contributed by atoms with E-state index in [2.05, 4.69) is 10.8 Å². The quantitative estimate of drug-likeness (QED) is 0.864. The van der Waals surface area contributed by atoms with Crippen LogP contribution in [0, 0.1) is 6.92 Å². The Kier molecular flexibility index (Phi) is 3.67. The van der Waals surface area contributed by atoms with Gasteiger partial charge in [0.1, 0.15) is 0 Å². The average Bonchev–Trinajstić information content (AvgIpc) is 2.68. The fraction of sp³-hybridized carbons (Fsp3) is 0.214. The van der Waals surface area contributed by atoms with Crippen molar-refractivity contribution in [2.24, 2.45) is 0 Å². The van der Waals surface area contributed by atoms with Crippen LogP contribution in [-0.4, -0.2) is 13.1 Å². The van der Waals surface area contributed by atoms with E-state index in [0.717, 1.165) is 22.5 Å². The maximum Gasteiger partial charge on any atom is 0.337 e. The van der Waals surface area contributed by atoms with E-state index in [1.54, 1.807) is 23.5 Å². The van der Waals surface area contributed by atoms with Crippen molar-refractivity contribution in [2.45, 2.75) is 13.3 Å². The van der Waals surface area contributed by atoms with Crippen LogP contribution < -0.4 is 5.73 Å². The Morgan fingerprint density at radius 3 is 2.50 bits per heavy atom. The van der Waals surface area contributed by atoms with Gasteiger partial charge < -0.3 is 10.5 Å². The van der Waals surface area contributed by atoms with Crippen molar-refractivity contribution < 1.29 is 9.53 Å². The van der Waals surface area contributed by atoms with Crippen LogP contribution in [0.3, 0.4) is 0 Å². The summed E-state index contributed by atoms with van der Waals surface area (Å²) in [7, 11) is 1.38. The molecule has 18 heavy (non-hydrogen) atoms. The number of benzene rings is 1. The van der Waals surface area contributed by atoms with Crippen molar-refractivity contribution in [2.75, 3.05) is 12.8 Å². The van der Waals surface area contributed by atoms with E-state index in [0.29, 0.717) is 5.56 Å². The number of ether oxygens (including phenoxy) is 1. The van der Waals surface area contributed by atoms with E-state index in [4.69, 9.17) is 5.73 Å². The molecule has 94 valence electrons. The Balaban J connectivity index is 2.13. The normalized spacial score (nSPS) is 10.3. The first kappa shape index (κ1) is 12.6. The SMILES string of the molecule is COC(=O)c1ccc(Cc2cc(C)c(N)s2)cc1. The molecule has 0 bridgehead atoms. The van der Waals surface area contributed by atoms with E-state index < -0.39 is 0 Å². The number of nitrogens with two attached hydrogens (primary N) is 1. The van der Waals surface area contributed by atoms with Gasteiger partial charge in [-0.2, -0.15) is 0 Å². The first-order chi connectivity index (χ1) is 8.60. The van der Waals surface area contributed by atoms with Crippen LogP contribution in [0.4, 0.5) is 5.00 Å². The Morgan fingerprint density at radius 2 is 2.00 bits per heavy atom. The molecule has 0 fully saturated rings. The zero-order valence-corrected chi connectivity index (χ0v) is 11.2. The molecule has 0 unspecified atom stereocenters. The highest BCUT2D eigenvalue weighted by Crippen LogP contribution is 2.26. The maximum atomic E-state index is 11.3. The van der Waals surface area contributed by atoms with Crippen LogP contribution in [0.15, 0.2) is 30.3 Å². The Labute approximate surface area is 110 Å². The van der Waals surface area contributed by atoms with Crippen molar-refractivity contribution in [1.82, 2.24) is 0 Å². The largest absolute Gasteiger partial charge is 0.465 e. The molecule has 2 N–H and O–H groups in total. The molecule has 1 heterocycles. The molecule has 2 rings (SSSR count). The molecule has 0 amide bonds. The predicted octanol–water partition coefficient (Wildman–Crippen LogP) is 3.02. The minimum absolute atomic E-state index is 0.308. The first-order valence-corrected chi connectivity index (χ1v) is 6.44. The molecule has 1 aromatic carbocycles. The fourth-order valence-electron chi connectivity index (χ4n) is 1.73. The zero-order valence-electron chi connectivity index (χ0n) is 10.4. The Morgan fingerprint density at radius 1 is 1.33 bits per heavy atom. The summed E-state index contributed by atoms with van der Waals surface area (Å²) < 4.78 is 4.66. The standard InChI is InChI=1S/C14H15NO2S/c1-9-7-12(18-13(9)15)8-10-3-5-11(6-4-10)14(16)17-2/h3-7H,8,15H2,1-2H3. The van der Waals surface area contributed by atoms with Gasteiger partial charge in [0.15, 0.2) is 0 Å². The molecule has 3 nitrogen and oxygen atoms in total. The van der Waals surface area contributed by atoms with Crippen LogP contribution in [0.25, 0.3) is 0 Å². The van der Waals surface area contributed by atoms with Gasteiger partial charge >= 0.3 is 5.97 Å². The van der Waals surface area contributed by atoms with Crippen LogP contribution in [0.1, 0.15) is 26.4 Å². The van der Waals surface area contributed by atoms with E-state index in [1.807, 2.05) is 19.1 Å². The highest BCUT2D eigenvalue weighted by Gasteiger charge is 2.06. The summed E-state index contributed by atoms with van der Waals surface area (Å²) >= 11 is 1.61. The zero-order chi connectivity index (χ0) is 13.1. The number of rotatable bonds is 3. The first-order valence-electron chi connectivity index (χ1n) is 5.62. The van der Waals surface area contributed by atoms with Gasteiger partial charge in [-0.1, -0.05) is 12.1 Å². The third-order valence-corrected chi connectivity index (χ3v) is 3.83. The number of anilines is 1. The van der Waals surface area contributed by atoms with E-state index in [9.17, 15) is 4.79 Å². The number of carbonyl (C=O) groups is 1. The molecule has 0 saturated carbocycles. The van der Waals surface area contributed by atoms with E-state index in [1.165, 1.54) is 12.0 Å². The highest BCUT2D eigenvalue weighted by molar-refractivity contribution is 7.16. The van der Waals surface area contributed by atoms with Gasteiger partial charge in [-0.3, -0.25) is 0 Å². The van der Waals surface area contributed by atoms with E-state index >= 15 is 0 Å². The van der Waals surface area contributed by atoms with Crippen LogP contribution in [0.5, 0.6) is 0 Å². The van der Waals surface area contributed by atoms with Crippen molar-refractivity contribution in [3.63, 3.8) is 0 Å². The topological polar surface area (TPSA) is 52.3 Å². The molecule has 0 radical (unpaired) electrons. The van der Waals surface area contributed by atoms with E-state index in [-0.39, 0.29) is 5.97 Å². The molecule has 0 spiro atoms. The number of aryl methyl sites for hydroxylation is 1. The highest BCUT2D eigenvalue weighted by atomic mass is 32.1. The third kappa shape index (κ3) is 2.71. The Hall–Kier alpha value is -1.81. The summed E-state index contributed by atoms with van der Waals surface area (Å²) in [6, 6.07) is 9.55. The lowest BCUT2D eigenvalue weighted by Gasteiger charge is -2.01. The Bertz CT molecular complexity index is 538. The molecule has 0 aliphatic heterocycles. The second kappa shape index (κ2) is 5.23. The van der Waals surface area contributed by atoms with Gasteiger partial charge in [-0.15, -0.1) is 11.3 Å². The molecule has 0 saturated heterocycles. The van der Waals surface area contributed by atoms with Crippen LogP contribution in [0.2, 0.25) is 0 Å². The average molecular weight is 261 g/mol. The molecular weight excluding hydrogens is 246 g/mol. The van der Waals surface area contributed by atoms with Gasteiger partial charge in [0.05, 0.1) is 17.7 Å². The molecule has 4 heteroatoms. The summed E-state index contributed by atoms with van der Waals surface area (Å²) in [4.78, 5) is 12.5. The number of hydrogen-bond acceptors (Lipinski definition) is 4. The molecule has 2 aromatic rings. The van der Waals surface area contributed by atoms with Gasteiger partial charge in [0, 0.05) is 11.3 Å². The van der Waals surface area contributed by atoms with Gasteiger partial charge in [0.25, 0.3) is 0 Å². The monoisotopic (exact) mass is 261 g/mol. The van der Waals surface area contributed by atoms with Crippen molar-refractivity contribution in [3.8, 4) is 0 Å². The number of esters is 1. The van der Waals surface area contributed by atoms with Crippen LogP contribution in [-0.2, 0) is 11.2 Å². The number of hydrogen-bond donors (Lipinski definition) is 1. The summed E-state index contributed by atoms with van der Waals surface area (Å²) in [5, 5.41) is 0.871. The van der Waals surface area contributed by atoms with Crippen molar-refractivity contribution in [3.05, 3.63) is 51.9 Å². The lowest BCUT2D eigenvalue weighted by atomic mass is 10.1. The van der Waals surface area contributed by atoms with Gasteiger partial charge in [0.2, 0.25) is 0 Å². The fourth-order valence-corrected chi connectivity index (χ4v) is 2.71. The summed E-state index contributed by atoms with van der Waals surface area (Å²) in [5.41, 5.74) is 8.69. The lowest BCUT2D eigenvalue weighted by Crippen LogP contribution is -2.00. The second-order valence-corrected chi connectivity index (χ2v) is 5.29. The maximum absolute atomic E-state index is 11.3. The number of carbonyl (C=O) groups excluding carboxylic acids is 1. The minimum Gasteiger partial charge on any atom is -0.465 e. The summed E-state index contributed by atoms with van der Waals surface area (Å²) in [5.74, 6) is -0.308. The molecule has 0 aliphatic carbocycles. The lowest BCUT2D eigenvalue weighted by molar-refractivity contribution is 0.0600. The summed E-state index contributed by atoms with van der Waals surface area (Å²) in [6.45, 7) is 2.01. The third-order valence-electron chi connectivity index (χ3n) is 2.76. The molecule has 0 atom stereocenters. The summed E-state index contributed by atoms with van der Waals surface area (Å²) in [6.07, 6.45) is 0.837. The molecular formula is C14H15NO2S. The predicted molar refractivity (Wildman–Crippen MR) is 74.1 cm³/mol. The van der Waals surface area contributed by atoms with Crippen molar-refractivity contribution >= 4 is 22.3 Å². The van der Waals surface area contributed by atoms with Crippen LogP contribution >= 0.6 is 11.3 Å². The number of methoxy groups -OCH3 is 1. The number of nitrogen functional groups attached to an aromatic ring is 1. The molecule has 0 aliphatic rings. The van der Waals surface area contributed by atoms with Crippen molar-refractivity contribution in [1.29, 1.82) is 0 Å². The second-order valence-electron chi connectivity index (χ2n) is 4.13. The molecule has 1 aromatic heterocycles. The smallest absolute Gasteiger partial charge is 0.337 e. The minimum atomic E-state index is -0.308. The van der Waals surface area contributed by atoms with Gasteiger partial charge in [-0.25, -0.2) is 4.79 Å². The number of thiophene rings is 1. The van der Waals surface area contributed by atoms with Gasteiger partial charge in [-0.05, 0) is 36.2 Å².